The summed E-state index contributed by atoms with van der Waals surface area (Å²) in [6.07, 6.45) is 3.28. The number of nitrogens with two attached hydrogens (primary N) is 2. The number of halogens is 1. The average Bonchev–Trinajstić information content (AvgIpc) is 1.67. The van der Waals surface area contributed by atoms with Crippen molar-refractivity contribution in [3.63, 3.8) is 0 Å². The van der Waals surface area contributed by atoms with Gasteiger partial charge in [0, 0.05) is 59.4 Å². The van der Waals surface area contributed by atoms with Crippen molar-refractivity contribution < 1.29 is 43.6 Å². The summed E-state index contributed by atoms with van der Waals surface area (Å²) in [6, 6.07) is 6.81. The number of aliphatic hydroxyl groups excluding tert-OH is 1. The highest BCUT2D eigenvalue weighted by Crippen LogP contribution is 2.37. The van der Waals surface area contributed by atoms with Crippen LogP contribution in [0.1, 0.15) is 77.8 Å². The fourth-order valence-electron chi connectivity index (χ4n) is 10.1. The molecule has 10 N–H and O–H groups in total. The lowest BCUT2D eigenvalue weighted by atomic mass is 9.99. The largest absolute Gasteiger partial charge is 0.473 e. The highest BCUT2D eigenvalue weighted by atomic mass is 19.1. The van der Waals surface area contributed by atoms with E-state index in [1.54, 1.807) is 117 Å². The topological polar surface area (TPSA) is 497 Å². The summed E-state index contributed by atoms with van der Waals surface area (Å²) in [5, 5.41) is 63.0. The number of H-pyrrole nitrogens is 1. The van der Waals surface area contributed by atoms with E-state index >= 15 is 0 Å². The summed E-state index contributed by atoms with van der Waals surface area (Å²) in [7, 11) is 8.64. The van der Waals surface area contributed by atoms with Gasteiger partial charge < -0.3 is 30.5 Å². The highest BCUT2D eigenvalue weighted by Gasteiger charge is 2.42. The number of hydrogen-bond donors (Lipinski definition) is 8. The number of carbonyl (C=O) groups is 3. The summed E-state index contributed by atoms with van der Waals surface area (Å²) in [4.78, 5) is 88.3. The number of epoxide rings is 1. The zero-order valence-electron chi connectivity index (χ0n) is 53.4. The van der Waals surface area contributed by atoms with Gasteiger partial charge in [-0.05, 0) is 87.1 Å². The van der Waals surface area contributed by atoms with Crippen LogP contribution in [0.4, 0.5) is 21.1 Å². The standard InChI is InChI=1S/C24H32FN7O3.C10H14N6O2.C7H10N6O.C5H10N6O.C4H8N4.C2H2O4/c1-15-26-23(29(3)27-15)32-16(2)28-31(24(32)34)13-20(33)12-30-18-8-9-19(30)11-21(10-18)35-14-17-6-4-5-7-22(17)25;1-6-11-9(14(3)12-6)16-7(2)13-15(10(16)17)4-8-5-18-8;1-4-8-6(12(3)11-4)13-5(2)9-10-7(13)14;1-3-7-4(11(2)10-3)8-5(12)9-6;1-3-6-4(5)8(2)7-3;3-1(4)2(5)6/h4-7,18-21,33H,8-14H2,1-3H3;8H,4-5H2,1-3H3;1-3H3,(H,10,14);6H2,1-2H3,(H2,7,8,9,10,12);1-2H3,(H2,5,6,7);(H,3,4)(H,5,6). The number of benzene rings is 1. The van der Waals surface area contributed by atoms with Crippen LogP contribution in [0.5, 0.6) is 0 Å². The second kappa shape index (κ2) is 30.5. The van der Waals surface area contributed by atoms with Crippen molar-refractivity contribution in [3.8, 4) is 17.8 Å². The van der Waals surface area contributed by atoms with Gasteiger partial charge in [0.15, 0.2) is 0 Å². The zero-order chi connectivity index (χ0) is 68.3. The van der Waals surface area contributed by atoms with Crippen molar-refractivity contribution in [2.24, 2.45) is 41.1 Å². The van der Waals surface area contributed by atoms with Crippen LogP contribution in [-0.4, -0.2) is 199 Å². The minimum Gasteiger partial charge on any atom is -0.473 e. The Morgan fingerprint density at radius 2 is 1.14 bits per heavy atom. The first kappa shape index (κ1) is 69.9. The fourth-order valence-corrected chi connectivity index (χ4v) is 10.1. The lowest BCUT2D eigenvalue weighted by molar-refractivity contribution is -0.159. The van der Waals surface area contributed by atoms with Crippen LogP contribution in [0.15, 0.2) is 38.6 Å². The number of aliphatic carboxylic acids is 2. The molecule has 4 atom stereocenters. The molecule has 0 saturated carbocycles. The summed E-state index contributed by atoms with van der Waals surface area (Å²) in [5.41, 5.74) is 6.96. The van der Waals surface area contributed by atoms with E-state index in [1.807, 2.05) is 11.5 Å². The number of aromatic nitrogens is 24. The number of nitrogens with one attached hydrogen (secondary N) is 3. The Kier molecular flexibility index (Phi) is 23.0. The molecule has 3 fully saturated rings. The molecule has 1 aromatic carbocycles. The first-order valence-electron chi connectivity index (χ1n) is 28.7. The van der Waals surface area contributed by atoms with Crippen LogP contribution in [0.2, 0.25) is 0 Å². The van der Waals surface area contributed by atoms with E-state index in [4.69, 9.17) is 40.9 Å². The van der Waals surface area contributed by atoms with E-state index < -0.39 is 24.1 Å². The number of aliphatic hydroxyl groups is 1. The van der Waals surface area contributed by atoms with Gasteiger partial charge in [-0.1, -0.05) is 18.2 Å². The Morgan fingerprint density at radius 1 is 0.667 bits per heavy atom. The molecule has 2 amide bonds. The third-order valence-electron chi connectivity index (χ3n) is 14.1. The molecule has 93 heavy (non-hydrogen) atoms. The summed E-state index contributed by atoms with van der Waals surface area (Å²) in [5.74, 6) is 7.91. The van der Waals surface area contributed by atoms with Gasteiger partial charge >= 0.3 is 35.0 Å². The Balaban J connectivity index is 0.000000177. The molecular weight excluding hydrogens is 1230 g/mol. The highest BCUT2D eigenvalue weighted by molar-refractivity contribution is 6.27. The van der Waals surface area contributed by atoms with Crippen molar-refractivity contribution >= 4 is 29.9 Å². The number of piperidine rings is 1. The molecule has 3 aliphatic rings. The Morgan fingerprint density at radius 3 is 1.55 bits per heavy atom. The number of urea groups is 1. The van der Waals surface area contributed by atoms with Gasteiger partial charge in [-0.25, -0.2) is 90.6 Å². The van der Waals surface area contributed by atoms with Gasteiger partial charge in [-0.3, -0.25) is 15.6 Å². The molecule has 9 aromatic rings. The van der Waals surface area contributed by atoms with Crippen molar-refractivity contribution in [1.82, 2.24) is 128 Å². The third-order valence-corrected chi connectivity index (χ3v) is 14.1. The van der Waals surface area contributed by atoms with Gasteiger partial charge in [0.25, 0.3) is 0 Å². The number of fused-ring (bicyclic) bond motifs is 2. The molecule has 0 aliphatic carbocycles. The van der Waals surface area contributed by atoms with E-state index in [-0.39, 0.29) is 48.2 Å². The number of hydrogen-bond acceptors (Lipinski definition) is 25. The van der Waals surface area contributed by atoms with Gasteiger partial charge in [0.05, 0.1) is 38.5 Å². The average molecular weight is 1300 g/mol. The maximum atomic E-state index is 13.9. The molecule has 0 radical (unpaired) electrons. The Bertz CT molecular complexity index is 4180. The number of hydrazine groups is 1. The van der Waals surface area contributed by atoms with Crippen LogP contribution >= 0.6 is 0 Å². The lowest BCUT2D eigenvalue weighted by Gasteiger charge is -2.39. The number of anilines is 2. The number of ether oxygens (including phenoxy) is 2. The number of rotatable bonds is 13. The molecule has 0 spiro atoms. The first-order chi connectivity index (χ1) is 43.9. The van der Waals surface area contributed by atoms with Crippen LogP contribution in [0.25, 0.3) is 17.8 Å². The number of carboxylic acid groups (broad SMARTS) is 2. The molecule has 8 aromatic heterocycles. The van der Waals surface area contributed by atoms with E-state index in [1.165, 1.54) is 38.5 Å². The van der Waals surface area contributed by atoms with Crippen LogP contribution < -0.4 is 39.4 Å². The van der Waals surface area contributed by atoms with Gasteiger partial charge in [0.1, 0.15) is 58.5 Å². The van der Waals surface area contributed by atoms with E-state index in [2.05, 4.69) is 81.0 Å². The number of nitrogen functional groups attached to an aromatic ring is 1. The summed E-state index contributed by atoms with van der Waals surface area (Å²) >= 11 is 0. The van der Waals surface area contributed by atoms with Crippen molar-refractivity contribution in [2.45, 2.75) is 131 Å². The molecule has 3 aliphatic heterocycles. The second-order valence-corrected chi connectivity index (χ2v) is 21.5. The number of carbonyl (C=O) groups excluding carboxylic acids is 1. The Labute approximate surface area is 527 Å². The Hall–Kier alpha value is -10.5. The summed E-state index contributed by atoms with van der Waals surface area (Å²) in [6.45, 7) is 16.1. The van der Waals surface area contributed by atoms with Gasteiger partial charge in [0.2, 0.25) is 29.7 Å². The molecule has 502 valence electrons. The van der Waals surface area contributed by atoms with Crippen LogP contribution in [-0.2, 0) is 74.0 Å². The first-order valence-corrected chi connectivity index (χ1v) is 28.7. The van der Waals surface area contributed by atoms with Crippen LogP contribution in [0.3, 0.4) is 0 Å². The van der Waals surface area contributed by atoms with Gasteiger partial charge in [-0.15, -0.1) is 0 Å². The molecule has 41 heteroatoms. The molecule has 4 unspecified atom stereocenters. The second-order valence-electron chi connectivity index (χ2n) is 21.5. The maximum Gasteiger partial charge on any atom is 0.414 e. The quantitative estimate of drug-likeness (QED) is 0.0203. The predicted molar refractivity (Wildman–Crippen MR) is 323 cm³/mol. The molecule has 2 bridgehead atoms. The molecule has 12 rings (SSSR count). The SMILES string of the molecule is Cc1nc(-n2c(C)n[nH]c2=O)n(C)n1.Cc1nc(-n2c(C)nn(CC(O)CN3C4CCC3CC(OCc3ccccc3F)C4)c2=O)n(C)n1.Cc1nc(-n2c(C)nn(CC3CO3)c2=O)n(C)n1.Cc1nc(N)n(C)n1.Cc1nc(NC(=O)NN)n(C)n1.O=C(O)C(=O)O. The molecule has 3 saturated heterocycles. The van der Waals surface area contributed by atoms with Crippen molar-refractivity contribution in [3.05, 3.63) is 114 Å². The lowest BCUT2D eigenvalue weighted by Crippen LogP contribution is -2.49. The monoisotopic (exact) mass is 1300 g/mol. The maximum absolute atomic E-state index is 13.9. The van der Waals surface area contributed by atoms with E-state index in [9.17, 15) is 28.7 Å². The van der Waals surface area contributed by atoms with Gasteiger partial charge in [-0.2, -0.15) is 65.7 Å². The number of amides is 2. The van der Waals surface area contributed by atoms with E-state index in [0.29, 0.717) is 114 Å². The number of carboxylic acids is 2. The van der Waals surface area contributed by atoms with Crippen LogP contribution in [0, 0.1) is 61.2 Å². The smallest absolute Gasteiger partial charge is 0.414 e. The third kappa shape index (κ3) is 18.1. The van der Waals surface area contributed by atoms with E-state index in [0.717, 1.165) is 25.7 Å². The fraction of sp³-hybridized carbons (Fsp3) is 0.519. The minimum absolute atomic E-state index is 0.0799. The van der Waals surface area contributed by atoms with Crippen molar-refractivity contribution in [2.75, 3.05) is 24.2 Å². The molecule has 40 nitrogen and oxygen atoms in total. The number of aromatic amines is 1. The molecule has 11 heterocycles. The summed E-state index contributed by atoms with van der Waals surface area (Å²) < 4.78 is 39.7. The molecular formula is C52H76FN29O11. The zero-order valence-corrected chi connectivity index (χ0v) is 53.4. The predicted octanol–water partition coefficient (Wildman–Crippen LogP) is -2.04. The number of nitrogens with zero attached hydrogens (tertiary/aromatic N) is 24. The normalized spacial score (nSPS) is 16.4. The minimum atomic E-state index is -1.82. The van der Waals surface area contributed by atoms with Crippen molar-refractivity contribution in [1.29, 1.82) is 0 Å². The number of aryl methyl sites for hydroxylation is 13.